The van der Waals surface area contributed by atoms with Gasteiger partial charge in [0.05, 0.1) is 30.3 Å². The number of aliphatic hydroxyl groups is 1. The van der Waals surface area contributed by atoms with Crippen LogP contribution in [0.15, 0.2) is 47.8 Å². The molecule has 3 aromatic rings. The number of rotatable bonds is 6. The van der Waals surface area contributed by atoms with E-state index in [1.807, 2.05) is 49.5 Å². The van der Waals surface area contributed by atoms with Crippen molar-refractivity contribution >= 4 is 28.8 Å². The van der Waals surface area contributed by atoms with Gasteiger partial charge in [-0.3, -0.25) is 4.90 Å². The predicted molar refractivity (Wildman–Crippen MR) is 115 cm³/mol. The van der Waals surface area contributed by atoms with Gasteiger partial charge < -0.3 is 14.7 Å². The summed E-state index contributed by atoms with van der Waals surface area (Å²) in [4.78, 5) is 21.3. The number of oxime groups is 1. The number of carbonyl (C=O) groups excluding carboxylic acids is 1. The SMILES string of the molecule is Cc1cn(C[C@H]2CN(c3ccc(-c4ccc(C5=NOC(CO)C5)s4)cc3)C(=O)O2)nn1. The molecule has 5 rings (SSSR count). The van der Waals surface area contributed by atoms with Crippen molar-refractivity contribution in [3.05, 3.63) is 53.2 Å². The van der Waals surface area contributed by atoms with Gasteiger partial charge in [-0.15, -0.1) is 16.4 Å². The molecule has 31 heavy (non-hydrogen) atoms. The van der Waals surface area contributed by atoms with Gasteiger partial charge in [-0.1, -0.05) is 22.5 Å². The molecule has 0 bridgehead atoms. The Morgan fingerprint density at radius 3 is 2.68 bits per heavy atom. The maximum absolute atomic E-state index is 12.4. The van der Waals surface area contributed by atoms with Gasteiger partial charge in [-0.25, -0.2) is 9.48 Å². The van der Waals surface area contributed by atoms with E-state index in [2.05, 4.69) is 15.5 Å². The van der Waals surface area contributed by atoms with Gasteiger partial charge in [0.15, 0.2) is 6.10 Å². The quantitative estimate of drug-likeness (QED) is 0.634. The molecule has 10 heteroatoms. The summed E-state index contributed by atoms with van der Waals surface area (Å²) in [5.74, 6) is 0. The van der Waals surface area contributed by atoms with Gasteiger partial charge in [0.25, 0.3) is 0 Å². The Bertz CT molecular complexity index is 1120. The number of ether oxygens (including phenoxy) is 1. The van der Waals surface area contributed by atoms with Crippen molar-refractivity contribution < 1.29 is 19.5 Å². The molecule has 9 nitrogen and oxygen atoms in total. The number of amides is 1. The fourth-order valence-corrected chi connectivity index (χ4v) is 4.65. The first-order chi connectivity index (χ1) is 15.1. The van der Waals surface area contributed by atoms with Crippen LogP contribution in [0.25, 0.3) is 10.4 Å². The zero-order valence-corrected chi connectivity index (χ0v) is 17.7. The van der Waals surface area contributed by atoms with Crippen molar-refractivity contribution in [2.24, 2.45) is 5.16 Å². The number of aromatic nitrogens is 3. The Kier molecular flexibility index (Phi) is 5.16. The lowest BCUT2D eigenvalue weighted by molar-refractivity contribution is 0.0390. The summed E-state index contributed by atoms with van der Waals surface area (Å²) in [7, 11) is 0. The van der Waals surface area contributed by atoms with E-state index in [0.717, 1.165) is 32.4 Å². The third kappa shape index (κ3) is 4.04. The number of thiophene rings is 1. The second-order valence-electron chi connectivity index (χ2n) is 7.56. The molecule has 2 atom stereocenters. The number of aliphatic hydroxyl groups excluding tert-OH is 1. The first kappa shape index (κ1) is 19.7. The molecule has 2 aliphatic rings. The number of hydrogen-bond donors (Lipinski definition) is 1. The number of carbonyl (C=O) groups is 1. The molecule has 1 unspecified atom stereocenters. The molecule has 0 radical (unpaired) electrons. The van der Waals surface area contributed by atoms with Crippen molar-refractivity contribution in [3.8, 4) is 10.4 Å². The van der Waals surface area contributed by atoms with Crippen LogP contribution < -0.4 is 4.90 Å². The van der Waals surface area contributed by atoms with Gasteiger partial charge in [-0.2, -0.15) is 0 Å². The summed E-state index contributed by atoms with van der Waals surface area (Å²) >= 11 is 1.62. The standard InChI is InChI=1S/C21H21N5O4S/c1-13-9-25(24-22-13)10-17-11-26(21(28)29-17)15-4-2-14(3-5-15)19-6-7-20(31-19)18-8-16(12-27)30-23-18/h2-7,9,16-17,27H,8,10-12H2,1H3/t16?,17-/m0/s1. The van der Waals surface area contributed by atoms with E-state index in [4.69, 9.17) is 9.57 Å². The summed E-state index contributed by atoms with van der Waals surface area (Å²) in [5.41, 5.74) is 3.54. The Morgan fingerprint density at radius 2 is 1.97 bits per heavy atom. The summed E-state index contributed by atoms with van der Waals surface area (Å²) < 4.78 is 7.18. The first-order valence-electron chi connectivity index (χ1n) is 9.98. The van der Waals surface area contributed by atoms with Crippen LogP contribution in [0.5, 0.6) is 0 Å². The van der Waals surface area contributed by atoms with E-state index >= 15 is 0 Å². The van der Waals surface area contributed by atoms with Crippen LogP contribution in [0, 0.1) is 6.92 Å². The fourth-order valence-electron chi connectivity index (χ4n) is 3.65. The highest BCUT2D eigenvalue weighted by molar-refractivity contribution is 7.17. The number of benzene rings is 1. The van der Waals surface area contributed by atoms with Crippen LogP contribution >= 0.6 is 11.3 Å². The minimum Gasteiger partial charge on any atom is -0.442 e. The van der Waals surface area contributed by atoms with Crippen LogP contribution in [0.1, 0.15) is 17.0 Å². The molecule has 1 fully saturated rings. The van der Waals surface area contributed by atoms with E-state index in [1.54, 1.807) is 20.9 Å². The van der Waals surface area contributed by atoms with E-state index in [9.17, 15) is 9.90 Å². The van der Waals surface area contributed by atoms with Crippen LogP contribution in [-0.2, 0) is 16.1 Å². The highest BCUT2D eigenvalue weighted by Gasteiger charge is 2.32. The molecule has 0 aliphatic carbocycles. The summed E-state index contributed by atoms with van der Waals surface area (Å²) in [5, 5.41) is 21.3. The maximum Gasteiger partial charge on any atom is 0.414 e. The van der Waals surface area contributed by atoms with Gasteiger partial charge in [0, 0.05) is 23.2 Å². The Morgan fingerprint density at radius 1 is 1.16 bits per heavy atom. The van der Waals surface area contributed by atoms with E-state index in [0.29, 0.717) is 19.5 Å². The van der Waals surface area contributed by atoms with Crippen molar-refractivity contribution in [2.45, 2.75) is 32.1 Å². The third-order valence-corrected chi connectivity index (χ3v) is 6.39. The second-order valence-corrected chi connectivity index (χ2v) is 8.64. The normalized spacial score (nSPS) is 20.6. The minimum absolute atomic E-state index is 0.0367. The van der Waals surface area contributed by atoms with Gasteiger partial charge in [0.2, 0.25) is 0 Å². The molecule has 2 aliphatic heterocycles. The average molecular weight is 439 g/mol. The Hall–Kier alpha value is -3.24. The van der Waals surface area contributed by atoms with Crippen LogP contribution in [0.4, 0.5) is 10.5 Å². The fraction of sp³-hybridized carbons (Fsp3) is 0.333. The molecule has 1 N–H and O–H groups in total. The highest BCUT2D eigenvalue weighted by Crippen LogP contribution is 2.32. The molecular formula is C21H21N5O4S. The van der Waals surface area contributed by atoms with E-state index < -0.39 is 0 Å². The van der Waals surface area contributed by atoms with Crippen LogP contribution in [0.2, 0.25) is 0 Å². The molecule has 2 aromatic heterocycles. The topological polar surface area (TPSA) is 102 Å². The number of cyclic esters (lactones) is 1. The Balaban J connectivity index is 1.26. The van der Waals surface area contributed by atoms with Crippen molar-refractivity contribution in [2.75, 3.05) is 18.1 Å². The number of nitrogens with zero attached hydrogens (tertiary/aromatic N) is 5. The largest absolute Gasteiger partial charge is 0.442 e. The molecule has 0 spiro atoms. The predicted octanol–water partition coefficient (Wildman–Crippen LogP) is 2.83. The van der Waals surface area contributed by atoms with Crippen LogP contribution in [-0.4, -0.2) is 57.3 Å². The number of aryl methyl sites for hydroxylation is 1. The monoisotopic (exact) mass is 439 g/mol. The van der Waals surface area contributed by atoms with Gasteiger partial charge >= 0.3 is 6.09 Å². The summed E-state index contributed by atoms with van der Waals surface area (Å²) in [6.45, 7) is 2.77. The second kappa shape index (κ2) is 8.12. The van der Waals surface area contributed by atoms with E-state index in [-0.39, 0.29) is 24.9 Å². The molecule has 160 valence electrons. The summed E-state index contributed by atoms with van der Waals surface area (Å²) in [6, 6.07) is 11.9. The molecule has 1 amide bonds. The highest BCUT2D eigenvalue weighted by atomic mass is 32.1. The average Bonchev–Trinajstić information content (AvgIpc) is 3.55. The maximum atomic E-state index is 12.4. The molecule has 1 aromatic carbocycles. The first-order valence-corrected chi connectivity index (χ1v) is 10.8. The van der Waals surface area contributed by atoms with Crippen molar-refractivity contribution in [1.29, 1.82) is 0 Å². The van der Waals surface area contributed by atoms with Crippen molar-refractivity contribution in [1.82, 2.24) is 15.0 Å². The molecular weight excluding hydrogens is 418 g/mol. The molecule has 0 saturated carbocycles. The smallest absolute Gasteiger partial charge is 0.414 e. The van der Waals surface area contributed by atoms with Gasteiger partial charge in [0.1, 0.15) is 11.8 Å². The molecule has 4 heterocycles. The van der Waals surface area contributed by atoms with Crippen LogP contribution in [0.3, 0.4) is 0 Å². The zero-order chi connectivity index (χ0) is 21.4. The molecule has 1 saturated heterocycles. The zero-order valence-electron chi connectivity index (χ0n) is 16.8. The number of hydrogen-bond acceptors (Lipinski definition) is 8. The summed E-state index contributed by atoms with van der Waals surface area (Å²) in [6.07, 6.45) is 1.56. The lowest BCUT2D eigenvalue weighted by Gasteiger charge is -2.13. The van der Waals surface area contributed by atoms with Gasteiger partial charge in [-0.05, 0) is 36.8 Å². The Labute approximate surface area is 182 Å². The minimum atomic E-state index is -0.356. The third-order valence-electron chi connectivity index (χ3n) is 5.21. The lowest BCUT2D eigenvalue weighted by atomic mass is 10.1. The number of anilines is 1. The van der Waals surface area contributed by atoms with Crippen molar-refractivity contribution in [3.63, 3.8) is 0 Å². The van der Waals surface area contributed by atoms with E-state index in [1.165, 1.54) is 0 Å². The lowest BCUT2D eigenvalue weighted by Crippen LogP contribution is -2.26.